The molecule has 0 aliphatic carbocycles. The number of nitrogens with one attached hydrogen (secondary N) is 2. The number of carbonyl (C=O) groups excluding carboxylic acids is 1. The molecule has 1 aromatic carbocycles. The number of pyridine rings is 1. The van der Waals surface area contributed by atoms with Crippen LogP contribution >= 0.6 is 0 Å². The molecule has 6 nitrogen and oxygen atoms in total. The van der Waals surface area contributed by atoms with Crippen molar-refractivity contribution < 1.29 is 14.6 Å². The Labute approximate surface area is 116 Å². The van der Waals surface area contributed by atoms with E-state index in [1.807, 2.05) is 6.07 Å². The molecule has 0 bridgehead atoms. The number of para-hydroxylation sites is 1. The molecule has 0 fully saturated rings. The van der Waals surface area contributed by atoms with E-state index in [0.717, 1.165) is 5.39 Å². The van der Waals surface area contributed by atoms with Crippen molar-refractivity contribution in [2.75, 3.05) is 5.43 Å². The Bertz CT molecular complexity index is 635. The SMILES string of the molecule is CC(C)(C)OC(=O)NNc1ccc2cccc(O)c2n1. The predicted molar refractivity (Wildman–Crippen MR) is 76.4 cm³/mol. The zero-order valence-corrected chi connectivity index (χ0v) is 11.6. The summed E-state index contributed by atoms with van der Waals surface area (Å²) >= 11 is 0. The molecule has 1 aromatic heterocycles. The van der Waals surface area contributed by atoms with Gasteiger partial charge in [-0.05, 0) is 39.0 Å². The Kier molecular flexibility index (Phi) is 3.65. The van der Waals surface area contributed by atoms with Gasteiger partial charge in [-0.3, -0.25) is 5.43 Å². The number of hydrazine groups is 1. The molecule has 106 valence electrons. The number of rotatable bonds is 2. The van der Waals surface area contributed by atoms with Gasteiger partial charge in [0.2, 0.25) is 0 Å². The van der Waals surface area contributed by atoms with Crippen LogP contribution in [0.3, 0.4) is 0 Å². The van der Waals surface area contributed by atoms with Crippen LogP contribution in [-0.2, 0) is 4.74 Å². The van der Waals surface area contributed by atoms with Gasteiger partial charge in [-0.15, -0.1) is 0 Å². The summed E-state index contributed by atoms with van der Waals surface area (Å²) in [6, 6.07) is 8.62. The van der Waals surface area contributed by atoms with Crippen LogP contribution in [0.2, 0.25) is 0 Å². The number of carbonyl (C=O) groups is 1. The highest BCUT2D eigenvalue weighted by Gasteiger charge is 2.15. The van der Waals surface area contributed by atoms with Crippen molar-refractivity contribution in [2.45, 2.75) is 26.4 Å². The molecule has 2 rings (SSSR count). The van der Waals surface area contributed by atoms with E-state index in [2.05, 4.69) is 15.8 Å². The van der Waals surface area contributed by atoms with Gasteiger partial charge in [-0.25, -0.2) is 15.2 Å². The number of anilines is 1. The number of amides is 1. The van der Waals surface area contributed by atoms with Crippen LogP contribution in [0.5, 0.6) is 5.75 Å². The van der Waals surface area contributed by atoms with Crippen molar-refractivity contribution in [3.05, 3.63) is 30.3 Å². The van der Waals surface area contributed by atoms with E-state index in [1.54, 1.807) is 45.0 Å². The van der Waals surface area contributed by atoms with Gasteiger partial charge in [0.1, 0.15) is 22.7 Å². The largest absolute Gasteiger partial charge is 0.506 e. The van der Waals surface area contributed by atoms with Crippen LogP contribution in [0.4, 0.5) is 10.6 Å². The van der Waals surface area contributed by atoms with Gasteiger partial charge in [-0.1, -0.05) is 12.1 Å². The summed E-state index contributed by atoms with van der Waals surface area (Å²) in [4.78, 5) is 15.7. The Hall–Kier alpha value is -2.50. The molecule has 0 aliphatic heterocycles. The van der Waals surface area contributed by atoms with Gasteiger partial charge in [0, 0.05) is 5.39 Å². The summed E-state index contributed by atoms with van der Waals surface area (Å²) in [7, 11) is 0. The van der Waals surface area contributed by atoms with E-state index < -0.39 is 11.7 Å². The summed E-state index contributed by atoms with van der Waals surface area (Å²) < 4.78 is 5.08. The van der Waals surface area contributed by atoms with Crippen molar-refractivity contribution in [3.63, 3.8) is 0 Å². The normalized spacial score (nSPS) is 11.2. The molecular weight excluding hydrogens is 258 g/mol. The van der Waals surface area contributed by atoms with E-state index in [-0.39, 0.29) is 5.75 Å². The molecule has 0 radical (unpaired) electrons. The average Bonchev–Trinajstić information content (AvgIpc) is 2.35. The molecule has 0 saturated heterocycles. The van der Waals surface area contributed by atoms with Gasteiger partial charge in [0.15, 0.2) is 0 Å². The first-order chi connectivity index (χ1) is 9.35. The second-order valence-electron chi connectivity index (χ2n) is 5.30. The fourth-order valence-corrected chi connectivity index (χ4v) is 1.62. The molecule has 20 heavy (non-hydrogen) atoms. The number of hydrogen-bond donors (Lipinski definition) is 3. The number of ether oxygens (including phenoxy) is 1. The van der Waals surface area contributed by atoms with Crippen molar-refractivity contribution in [1.82, 2.24) is 10.4 Å². The first-order valence-corrected chi connectivity index (χ1v) is 6.19. The van der Waals surface area contributed by atoms with Gasteiger partial charge in [-0.2, -0.15) is 0 Å². The number of fused-ring (bicyclic) bond motifs is 1. The summed E-state index contributed by atoms with van der Waals surface area (Å²) in [6.07, 6.45) is -0.600. The minimum atomic E-state index is -0.600. The lowest BCUT2D eigenvalue weighted by Crippen LogP contribution is -2.36. The third-order valence-electron chi connectivity index (χ3n) is 2.39. The third kappa shape index (κ3) is 3.50. The van der Waals surface area contributed by atoms with Crippen LogP contribution in [0.15, 0.2) is 30.3 Å². The Morgan fingerprint density at radius 1 is 1.25 bits per heavy atom. The number of nitrogens with zero attached hydrogens (tertiary/aromatic N) is 1. The van der Waals surface area contributed by atoms with Gasteiger partial charge in [0.05, 0.1) is 0 Å². The van der Waals surface area contributed by atoms with Crippen LogP contribution in [0, 0.1) is 0 Å². The maximum Gasteiger partial charge on any atom is 0.426 e. The van der Waals surface area contributed by atoms with E-state index >= 15 is 0 Å². The van der Waals surface area contributed by atoms with Crippen LogP contribution in [0.25, 0.3) is 10.9 Å². The number of aromatic nitrogens is 1. The zero-order valence-electron chi connectivity index (χ0n) is 11.6. The molecule has 1 heterocycles. The molecule has 0 atom stereocenters. The maximum atomic E-state index is 11.5. The second-order valence-corrected chi connectivity index (χ2v) is 5.30. The molecule has 0 saturated carbocycles. The predicted octanol–water partition coefficient (Wildman–Crippen LogP) is 2.79. The number of aromatic hydroxyl groups is 1. The van der Waals surface area contributed by atoms with Crippen LogP contribution in [0.1, 0.15) is 20.8 Å². The first kappa shape index (κ1) is 13.9. The van der Waals surface area contributed by atoms with E-state index in [1.165, 1.54) is 0 Å². The minimum absolute atomic E-state index is 0.0865. The van der Waals surface area contributed by atoms with Gasteiger partial charge < -0.3 is 9.84 Å². The molecule has 6 heteroatoms. The quantitative estimate of drug-likeness (QED) is 0.734. The van der Waals surface area contributed by atoms with Crippen molar-refractivity contribution >= 4 is 22.8 Å². The molecule has 3 N–H and O–H groups in total. The number of benzene rings is 1. The van der Waals surface area contributed by atoms with E-state index in [4.69, 9.17) is 4.74 Å². The smallest absolute Gasteiger partial charge is 0.426 e. The summed E-state index contributed by atoms with van der Waals surface area (Å²) in [6.45, 7) is 5.33. The average molecular weight is 275 g/mol. The first-order valence-electron chi connectivity index (χ1n) is 6.19. The standard InChI is InChI=1S/C14H17N3O3/c1-14(2,3)20-13(19)17-16-11-8-7-9-5-4-6-10(18)12(9)15-11/h4-8,18H,1-3H3,(H,15,16)(H,17,19). The zero-order chi connectivity index (χ0) is 14.8. The number of hydrogen-bond acceptors (Lipinski definition) is 5. The molecule has 2 aromatic rings. The summed E-state index contributed by atoms with van der Waals surface area (Å²) in [5.74, 6) is 0.494. The Morgan fingerprint density at radius 3 is 2.70 bits per heavy atom. The number of phenolic OH excluding ortho intramolecular Hbond substituents is 1. The van der Waals surface area contributed by atoms with E-state index in [9.17, 15) is 9.90 Å². The van der Waals surface area contributed by atoms with Crippen LogP contribution < -0.4 is 10.9 Å². The Balaban J connectivity index is 2.07. The van der Waals surface area contributed by atoms with Crippen molar-refractivity contribution in [3.8, 4) is 5.75 Å². The Morgan fingerprint density at radius 2 is 2.00 bits per heavy atom. The lowest BCUT2D eigenvalue weighted by molar-refractivity contribution is 0.0541. The second kappa shape index (κ2) is 5.24. The monoisotopic (exact) mass is 275 g/mol. The molecule has 0 spiro atoms. The third-order valence-corrected chi connectivity index (χ3v) is 2.39. The lowest BCUT2D eigenvalue weighted by Gasteiger charge is -2.19. The molecule has 1 amide bonds. The summed E-state index contributed by atoms with van der Waals surface area (Å²) in [5, 5.41) is 10.5. The molecule has 0 unspecified atom stereocenters. The summed E-state index contributed by atoms with van der Waals surface area (Å²) in [5.41, 5.74) is 4.92. The fourth-order valence-electron chi connectivity index (χ4n) is 1.62. The van der Waals surface area contributed by atoms with Gasteiger partial charge >= 0.3 is 6.09 Å². The number of phenols is 1. The van der Waals surface area contributed by atoms with E-state index in [0.29, 0.717) is 11.3 Å². The van der Waals surface area contributed by atoms with Crippen molar-refractivity contribution in [1.29, 1.82) is 0 Å². The van der Waals surface area contributed by atoms with Crippen molar-refractivity contribution in [2.24, 2.45) is 0 Å². The highest BCUT2D eigenvalue weighted by molar-refractivity contribution is 5.85. The highest BCUT2D eigenvalue weighted by Crippen LogP contribution is 2.23. The molecule has 0 aliphatic rings. The highest BCUT2D eigenvalue weighted by atomic mass is 16.6. The fraction of sp³-hybridized carbons (Fsp3) is 0.286. The van der Waals surface area contributed by atoms with Crippen LogP contribution in [-0.4, -0.2) is 21.8 Å². The molecular formula is C14H17N3O3. The topological polar surface area (TPSA) is 83.5 Å². The lowest BCUT2D eigenvalue weighted by atomic mass is 10.2. The minimum Gasteiger partial charge on any atom is -0.506 e. The van der Waals surface area contributed by atoms with Gasteiger partial charge in [0.25, 0.3) is 0 Å². The maximum absolute atomic E-state index is 11.5.